The molecule has 0 N–H and O–H groups in total. The van der Waals surface area contributed by atoms with Gasteiger partial charge in [0.1, 0.15) is 0 Å². The van der Waals surface area contributed by atoms with E-state index in [1.54, 1.807) is 0 Å². The molecule has 0 saturated heterocycles. The molecule has 0 unspecified atom stereocenters. The molecule has 0 nitrogen and oxygen atoms in total. The van der Waals surface area contributed by atoms with Crippen molar-refractivity contribution in [1.82, 2.24) is 0 Å². The molecule has 0 aromatic heterocycles. The fourth-order valence-corrected chi connectivity index (χ4v) is 7.50. The number of hydrogen-bond donors (Lipinski definition) is 0. The van der Waals surface area contributed by atoms with Crippen molar-refractivity contribution < 1.29 is 0 Å². The Labute approximate surface area is 181 Å². The van der Waals surface area contributed by atoms with Crippen LogP contribution in [-0.2, 0) is 0 Å². The summed E-state index contributed by atoms with van der Waals surface area (Å²) in [5.41, 5.74) is 10.8. The van der Waals surface area contributed by atoms with Crippen molar-refractivity contribution in [2.45, 2.75) is 0 Å². The van der Waals surface area contributed by atoms with Crippen LogP contribution in [0, 0.1) is 0 Å². The van der Waals surface area contributed by atoms with E-state index in [0.717, 1.165) is 0 Å². The van der Waals surface area contributed by atoms with Crippen molar-refractivity contribution in [3.8, 4) is 0 Å². The Morgan fingerprint density at radius 3 is 1.28 bits per heavy atom. The molecule has 0 amide bonds. The molecule has 2 aliphatic rings. The second kappa shape index (κ2) is 6.89. The van der Waals surface area contributed by atoms with E-state index in [1.165, 1.54) is 51.7 Å². The van der Waals surface area contributed by atoms with Crippen molar-refractivity contribution in [2.24, 2.45) is 0 Å². The van der Waals surface area contributed by atoms with Crippen LogP contribution in [0.3, 0.4) is 0 Å². The summed E-state index contributed by atoms with van der Waals surface area (Å²) in [6.07, 6.45) is 4.52. The second-order valence-corrected chi connectivity index (χ2v) is 10.4. The van der Waals surface area contributed by atoms with Crippen LogP contribution in [-0.4, -0.2) is 20.9 Å². The van der Waals surface area contributed by atoms with Crippen LogP contribution >= 0.6 is 0 Å². The Bertz CT molecular complexity index is 1220. The van der Waals surface area contributed by atoms with Crippen molar-refractivity contribution >= 4 is 51.4 Å². The Balaban J connectivity index is 1.82. The van der Waals surface area contributed by atoms with E-state index >= 15 is 0 Å². The molecule has 6 rings (SSSR count). The summed E-state index contributed by atoms with van der Waals surface area (Å²) in [5.74, 6) is 0. The summed E-state index contributed by atoms with van der Waals surface area (Å²) in [6.45, 7) is 0. The van der Waals surface area contributed by atoms with E-state index in [1.807, 2.05) is 0 Å². The van der Waals surface area contributed by atoms with Crippen LogP contribution in [0.25, 0.3) is 23.3 Å². The monoisotopic (exact) mass is 484 g/mol. The van der Waals surface area contributed by atoms with E-state index in [9.17, 15) is 0 Å². The first kappa shape index (κ1) is 17.0. The molecule has 1 aliphatic carbocycles. The topological polar surface area (TPSA) is 0 Å². The number of hydrogen-bond acceptors (Lipinski definition) is 0. The predicted octanol–water partition coefficient (Wildman–Crippen LogP) is 5.15. The maximum absolute atomic E-state index is 2.33. The van der Waals surface area contributed by atoms with Gasteiger partial charge in [0.25, 0.3) is 0 Å². The van der Waals surface area contributed by atoms with Crippen LogP contribution in [0.2, 0.25) is 0 Å². The minimum atomic E-state index is -0.378. The third-order valence-electron chi connectivity index (χ3n) is 5.69. The summed E-state index contributed by atoms with van der Waals surface area (Å²) in [5, 5.41) is 0. The molecule has 0 bridgehead atoms. The van der Waals surface area contributed by atoms with Crippen molar-refractivity contribution in [3.05, 3.63) is 130 Å². The average Bonchev–Trinajstić information content (AvgIpc) is 2.94. The number of fused-ring (bicyclic) bond motifs is 4. The van der Waals surface area contributed by atoms with E-state index in [0.29, 0.717) is 0 Å². The van der Waals surface area contributed by atoms with Crippen LogP contribution in [0.4, 0.5) is 0 Å². The molecule has 136 valence electrons. The van der Waals surface area contributed by atoms with Gasteiger partial charge in [0, 0.05) is 0 Å². The molecule has 29 heavy (non-hydrogen) atoms. The van der Waals surface area contributed by atoms with Gasteiger partial charge in [-0.05, 0) is 0 Å². The third-order valence-corrected chi connectivity index (χ3v) is 8.97. The number of rotatable bonds is 0. The summed E-state index contributed by atoms with van der Waals surface area (Å²) in [7, 11) is 0. The Morgan fingerprint density at radius 2 is 0.759 bits per heavy atom. The van der Waals surface area contributed by atoms with Gasteiger partial charge in [-0.1, -0.05) is 0 Å². The van der Waals surface area contributed by atoms with Gasteiger partial charge in [0.15, 0.2) is 0 Å². The van der Waals surface area contributed by atoms with E-state index in [-0.39, 0.29) is 20.9 Å². The van der Waals surface area contributed by atoms with Crippen molar-refractivity contribution in [2.75, 3.05) is 0 Å². The maximum atomic E-state index is 2.33. The molecule has 0 radical (unpaired) electrons. The van der Waals surface area contributed by atoms with E-state index in [2.05, 4.69) is 109 Å². The first-order valence-corrected chi connectivity index (χ1v) is 12.2. The Hall–Kier alpha value is -2.85. The van der Waals surface area contributed by atoms with Gasteiger partial charge in [0.05, 0.1) is 0 Å². The summed E-state index contributed by atoms with van der Waals surface area (Å²) in [4.78, 5) is 0. The van der Waals surface area contributed by atoms with Gasteiger partial charge in [-0.15, -0.1) is 0 Å². The zero-order valence-corrected chi connectivity index (χ0v) is 18.1. The van der Waals surface area contributed by atoms with Gasteiger partial charge < -0.3 is 0 Å². The molecule has 0 saturated carbocycles. The van der Waals surface area contributed by atoms with Crippen LogP contribution in [0.1, 0.15) is 33.4 Å². The van der Waals surface area contributed by atoms with Gasteiger partial charge in [0.2, 0.25) is 0 Å². The summed E-state index contributed by atoms with van der Waals surface area (Å²) >= 11 is -0.378. The minimum absolute atomic E-state index is 0.378. The summed E-state index contributed by atoms with van der Waals surface area (Å²) < 4.78 is 3.07. The molecule has 4 aromatic rings. The fourth-order valence-electron chi connectivity index (χ4n) is 4.39. The standard InChI is InChI=1S/C28H18Te/c1-3-11-21-19(9-1)17-18-20-10-2-4-12-22(20)27(21)28-23-13-5-7-15-25(23)29-26-16-8-6-14-24(26)28/h1-18H. The fraction of sp³-hybridized carbons (Fsp3) is 0. The molecule has 0 spiro atoms. The first-order chi connectivity index (χ1) is 14.4. The van der Waals surface area contributed by atoms with E-state index < -0.39 is 0 Å². The van der Waals surface area contributed by atoms with Crippen molar-refractivity contribution in [1.29, 1.82) is 0 Å². The van der Waals surface area contributed by atoms with E-state index in [4.69, 9.17) is 0 Å². The zero-order chi connectivity index (χ0) is 19.2. The van der Waals surface area contributed by atoms with Gasteiger partial charge in [-0.2, -0.15) is 0 Å². The molecular weight excluding hydrogens is 464 g/mol. The average molecular weight is 482 g/mol. The molecule has 1 aliphatic heterocycles. The predicted molar refractivity (Wildman–Crippen MR) is 125 cm³/mol. The Morgan fingerprint density at radius 1 is 0.379 bits per heavy atom. The summed E-state index contributed by atoms with van der Waals surface area (Å²) in [6, 6.07) is 35.7. The first-order valence-electron chi connectivity index (χ1n) is 9.88. The van der Waals surface area contributed by atoms with Crippen LogP contribution in [0.15, 0.2) is 97.1 Å². The van der Waals surface area contributed by atoms with Crippen LogP contribution in [0.5, 0.6) is 0 Å². The number of benzene rings is 4. The Kier molecular flexibility index (Phi) is 4.05. The normalized spacial score (nSPS) is 13.8. The molecular formula is C28H18Te. The molecule has 1 heteroatoms. The van der Waals surface area contributed by atoms with Crippen LogP contribution < -0.4 is 7.22 Å². The van der Waals surface area contributed by atoms with Gasteiger partial charge >= 0.3 is 182 Å². The molecule has 4 aromatic carbocycles. The van der Waals surface area contributed by atoms with Gasteiger partial charge in [-0.25, -0.2) is 0 Å². The molecule has 0 fully saturated rings. The SMILES string of the molecule is C1=Cc2ccccc2C(=C2c3ccccc3[Te]c3ccccc32)c2ccccc21. The quantitative estimate of drug-likeness (QED) is 0.263. The molecule has 1 heterocycles. The van der Waals surface area contributed by atoms with Crippen molar-refractivity contribution in [3.63, 3.8) is 0 Å². The van der Waals surface area contributed by atoms with Gasteiger partial charge in [-0.3, -0.25) is 0 Å². The zero-order valence-electron chi connectivity index (χ0n) is 15.8. The second-order valence-electron chi connectivity index (χ2n) is 7.35. The third kappa shape index (κ3) is 2.74. The molecule has 0 atom stereocenters.